The molecular formula is C10H14FN. The minimum Gasteiger partial charge on any atom is -0.325 e. The molecule has 0 aliphatic heterocycles. The highest BCUT2D eigenvalue weighted by molar-refractivity contribution is 5.11. The lowest BCUT2D eigenvalue weighted by molar-refractivity contribution is 0.467. The normalized spacial score (nSPS) is 25.6. The summed E-state index contributed by atoms with van der Waals surface area (Å²) in [5.74, 6) is 0. The highest BCUT2D eigenvalue weighted by Crippen LogP contribution is 2.21. The summed E-state index contributed by atoms with van der Waals surface area (Å²) >= 11 is 0. The van der Waals surface area contributed by atoms with Gasteiger partial charge in [0.1, 0.15) is 6.17 Å². The molecule has 1 aliphatic rings. The van der Waals surface area contributed by atoms with Crippen LogP contribution in [0, 0.1) is 6.92 Å². The van der Waals surface area contributed by atoms with Gasteiger partial charge in [-0.15, -0.1) is 0 Å². The van der Waals surface area contributed by atoms with Crippen LogP contribution in [0.4, 0.5) is 4.39 Å². The molecule has 0 radical (unpaired) electrons. The van der Waals surface area contributed by atoms with Gasteiger partial charge in [-0.05, 0) is 13.3 Å². The average molecular weight is 167 g/mol. The Morgan fingerprint density at radius 1 is 1.33 bits per heavy atom. The van der Waals surface area contributed by atoms with Crippen LogP contribution < -0.4 is 5.73 Å². The number of nitrogens with two attached hydrogens (primary N) is 1. The zero-order valence-corrected chi connectivity index (χ0v) is 7.20. The zero-order valence-electron chi connectivity index (χ0n) is 7.20. The third-order valence-electron chi connectivity index (χ3n) is 1.70. The third kappa shape index (κ3) is 3.49. The second-order valence-electron chi connectivity index (χ2n) is 3.07. The monoisotopic (exact) mass is 167 g/mol. The number of hydrogen-bond donors (Lipinski definition) is 1. The highest BCUT2D eigenvalue weighted by atomic mass is 19.1. The van der Waals surface area contributed by atoms with Gasteiger partial charge in [-0.1, -0.05) is 35.9 Å². The van der Waals surface area contributed by atoms with Crippen molar-refractivity contribution >= 4 is 0 Å². The summed E-state index contributed by atoms with van der Waals surface area (Å²) in [6.07, 6.45) is -0.0880. The van der Waals surface area contributed by atoms with Crippen LogP contribution in [0.5, 0.6) is 0 Å². The predicted octanol–water partition coefficient (Wildman–Crippen LogP) is 2.05. The number of hydrogen-bond acceptors (Lipinski definition) is 1. The first-order valence-electron chi connectivity index (χ1n) is 4.11. The number of halogens is 1. The van der Waals surface area contributed by atoms with E-state index in [4.69, 9.17) is 5.73 Å². The molecule has 0 spiro atoms. The Kier molecular flexibility index (Phi) is 3.23. The summed E-state index contributed by atoms with van der Waals surface area (Å²) in [6.45, 7) is 2.08. The van der Waals surface area contributed by atoms with E-state index in [0.29, 0.717) is 6.42 Å². The molecule has 12 heavy (non-hydrogen) atoms. The van der Waals surface area contributed by atoms with E-state index in [1.54, 1.807) is 0 Å². The molecular weight excluding hydrogens is 153 g/mol. The molecule has 2 rings (SSSR count). The Balaban J connectivity index is 0.000000127. The summed E-state index contributed by atoms with van der Waals surface area (Å²) in [5.41, 5.74) is 6.31. The second-order valence-corrected chi connectivity index (χ2v) is 3.07. The van der Waals surface area contributed by atoms with Crippen molar-refractivity contribution in [2.45, 2.75) is 25.6 Å². The SMILES string of the molecule is Cc1ccccc1.N[C@@H]1C[C@@H]1F. The highest BCUT2D eigenvalue weighted by Gasteiger charge is 2.32. The van der Waals surface area contributed by atoms with E-state index in [1.807, 2.05) is 18.2 Å². The maximum absolute atomic E-state index is 11.4. The summed E-state index contributed by atoms with van der Waals surface area (Å²) < 4.78 is 11.4. The first-order chi connectivity index (χ1) is 5.70. The summed E-state index contributed by atoms with van der Waals surface area (Å²) in [4.78, 5) is 0. The first-order valence-corrected chi connectivity index (χ1v) is 4.11. The molecule has 1 nitrogen and oxygen atoms in total. The van der Waals surface area contributed by atoms with Gasteiger partial charge in [0.05, 0.1) is 0 Å². The van der Waals surface area contributed by atoms with Gasteiger partial charge in [0, 0.05) is 6.04 Å². The van der Waals surface area contributed by atoms with Gasteiger partial charge >= 0.3 is 0 Å². The van der Waals surface area contributed by atoms with Crippen molar-refractivity contribution in [3.05, 3.63) is 35.9 Å². The molecule has 2 N–H and O–H groups in total. The molecule has 1 aromatic rings. The lowest BCUT2D eigenvalue weighted by atomic mass is 10.2. The van der Waals surface area contributed by atoms with Crippen molar-refractivity contribution in [3.63, 3.8) is 0 Å². The van der Waals surface area contributed by atoms with Crippen LogP contribution in [0.15, 0.2) is 30.3 Å². The van der Waals surface area contributed by atoms with Crippen LogP contribution in [0.25, 0.3) is 0 Å². The van der Waals surface area contributed by atoms with Crippen LogP contribution in [0.2, 0.25) is 0 Å². The van der Waals surface area contributed by atoms with E-state index < -0.39 is 6.17 Å². The molecule has 0 aromatic heterocycles. The minimum absolute atomic E-state index is 0.116. The maximum Gasteiger partial charge on any atom is 0.117 e. The third-order valence-corrected chi connectivity index (χ3v) is 1.70. The van der Waals surface area contributed by atoms with Crippen molar-refractivity contribution < 1.29 is 4.39 Å². The van der Waals surface area contributed by atoms with E-state index in [-0.39, 0.29) is 6.04 Å². The second kappa shape index (κ2) is 4.21. The maximum atomic E-state index is 11.4. The van der Waals surface area contributed by atoms with Gasteiger partial charge in [-0.2, -0.15) is 0 Å². The van der Waals surface area contributed by atoms with Crippen LogP contribution in [-0.2, 0) is 0 Å². The molecule has 0 saturated heterocycles. The van der Waals surface area contributed by atoms with Crippen molar-refractivity contribution in [2.24, 2.45) is 5.73 Å². The average Bonchev–Trinajstić information content (AvgIpc) is 2.67. The van der Waals surface area contributed by atoms with Gasteiger partial charge in [0.15, 0.2) is 0 Å². The predicted molar refractivity (Wildman–Crippen MR) is 48.7 cm³/mol. The number of alkyl halides is 1. The van der Waals surface area contributed by atoms with E-state index in [0.717, 1.165) is 0 Å². The lowest BCUT2D eigenvalue weighted by Gasteiger charge is -1.82. The fourth-order valence-electron chi connectivity index (χ4n) is 0.716. The zero-order chi connectivity index (χ0) is 8.97. The van der Waals surface area contributed by atoms with Gasteiger partial charge in [0.25, 0.3) is 0 Å². The number of aryl methyl sites for hydroxylation is 1. The topological polar surface area (TPSA) is 26.0 Å². The number of benzene rings is 1. The van der Waals surface area contributed by atoms with Crippen LogP contribution >= 0.6 is 0 Å². The number of rotatable bonds is 0. The Hall–Kier alpha value is -0.890. The van der Waals surface area contributed by atoms with Gasteiger partial charge < -0.3 is 5.73 Å². The fraction of sp³-hybridized carbons (Fsp3) is 0.400. The fourth-order valence-corrected chi connectivity index (χ4v) is 0.716. The molecule has 1 aliphatic carbocycles. The molecule has 1 fully saturated rings. The molecule has 0 heterocycles. The van der Waals surface area contributed by atoms with Crippen molar-refractivity contribution in [1.82, 2.24) is 0 Å². The van der Waals surface area contributed by atoms with Crippen molar-refractivity contribution in [3.8, 4) is 0 Å². The molecule has 0 bridgehead atoms. The molecule has 2 atom stereocenters. The Labute approximate surface area is 72.4 Å². The van der Waals surface area contributed by atoms with E-state index in [2.05, 4.69) is 19.1 Å². The van der Waals surface area contributed by atoms with E-state index in [9.17, 15) is 4.39 Å². The Bertz CT molecular complexity index is 217. The first kappa shape index (κ1) is 9.20. The molecule has 66 valence electrons. The molecule has 0 unspecified atom stereocenters. The summed E-state index contributed by atoms with van der Waals surface area (Å²) in [5, 5.41) is 0. The van der Waals surface area contributed by atoms with Gasteiger partial charge in [0.2, 0.25) is 0 Å². The smallest absolute Gasteiger partial charge is 0.117 e. The molecule has 1 aromatic carbocycles. The van der Waals surface area contributed by atoms with Crippen LogP contribution in [-0.4, -0.2) is 12.2 Å². The molecule has 2 heteroatoms. The molecule has 1 saturated carbocycles. The van der Waals surface area contributed by atoms with Gasteiger partial charge in [-0.25, -0.2) is 4.39 Å². The molecule has 0 amide bonds. The quantitative estimate of drug-likeness (QED) is 0.628. The Morgan fingerprint density at radius 2 is 1.75 bits per heavy atom. The van der Waals surface area contributed by atoms with Crippen molar-refractivity contribution in [1.29, 1.82) is 0 Å². The van der Waals surface area contributed by atoms with Crippen LogP contribution in [0.1, 0.15) is 12.0 Å². The largest absolute Gasteiger partial charge is 0.325 e. The van der Waals surface area contributed by atoms with E-state index >= 15 is 0 Å². The summed E-state index contributed by atoms with van der Waals surface area (Å²) in [6, 6.07) is 10.1. The lowest BCUT2D eigenvalue weighted by Crippen LogP contribution is -2.00. The standard InChI is InChI=1S/C7H8.C3H6FN/c1-7-5-3-2-4-6-7;4-2-1-3(2)5/h2-6H,1H3;2-3H,1,5H2/t;2-,3+/m.0/s1. The van der Waals surface area contributed by atoms with E-state index in [1.165, 1.54) is 5.56 Å². The van der Waals surface area contributed by atoms with Crippen LogP contribution in [0.3, 0.4) is 0 Å². The van der Waals surface area contributed by atoms with Crippen molar-refractivity contribution in [2.75, 3.05) is 0 Å². The van der Waals surface area contributed by atoms with Gasteiger partial charge in [-0.3, -0.25) is 0 Å². The summed E-state index contributed by atoms with van der Waals surface area (Å²) in [7, 11) is 0. The Morgan fingerprint density at radius 3 is 1.92 bits per heavy atom. The minimum atomic E-state index is -0.671.